The summed E-state index contributed by atoms with van der Waals surface area (Å²) in [5.41, 5.74) is 1.76. The van der Waals surface area contributed by atoms with Crippen molar-refractivity contribution in [3.05, 3.63) is 35.4 Å². The van der Waals surface area contributed by atoms with E-state index in [-0.39, 0.29) is 11.8 Å². The van der Waals surface area contributed by atoms with Crippen LogP contribution in [-0.4, -0.2) is 50.6 Å². The third-order valence-electron chi connectivity index (χ3n) is 5.70. The van der Waals surface area contributed by atoms with Crippen LogP contribution in [0.4, 0.5) is 0 Å². The first-order valence-electron chi connectivity index (χ1n) is 9.99. The molecule has 1 saturated heterocycles. The van der Waals surface area contributed by atoms with Gasteiger partial charge < -0.3 is 19.7 Å². The molecule has 6 nitrogen and oxygen atoms in total. The van der Waals surface area contributed by atoms with Crippen LogP contribution < -0.4 is 14.8 Å². The summed E-state index contributed by atoms with van der Waals surface area (Å²) in [7, 11) is 3.12. The number of allylic oxidation sites excluding steroid dienone is 1. The number of carbonyl (C=O) groups is 2. The number of likely N-dealkylation sites (tertiary alicyclic amines) is 1. The fraction of sp³-hybridized carbons (Fsp3) is 0.545. The molecule has 0 radical (unpaired) electrons. The van der Waals surface area contributed by atoms with E-state index in [1.165, 1.54) is 18.4 Å². The molecule has 1 aromatic carbocycles. The van der Waals surface area contributed by atoms with Gasteiger partial charge in [-0.3, -0.25) is 9.59 Å². The van der Waals surface area contributed by atoms with Crippen LogP contribution in [0.5, 0.6) is 11.5 Å². The van der Waals surface area contributed by atoms with Crippen LogP contribution in [0.25, 0.3) is 0 Å². The molecule has 6 heteroatoms. The number of benzene rings is 1. The molecule has 0 unspecified atom stereocenters. The molecule has 1 aromatic rings. The smallest absolute Gasteiger partial charge is 0.251 e. The fourth-order valence-corrected chi connectivity index (χ4v) is 3.62. The Kier molecular flexibility index (Phi) is 6.60. The molecule has 1 heterocycles. The van der Waals surface area contributed by atoms with Crippen molar-refractivity contribution < 1.29 is 19.1 Å². The van der Waals surface area contributed by atoms with Crippen molar-refractivity contribution in [2.45, 2.75) is 32.6 Å². The largest absolute Gasteiger partial charge is 0.493 e. The SMILES string of the molecule is COc1ccc(C(=O)NCC2CCN(C(=O)/C=C(\C)C3CC3)CC2)cc1OC. The van der Waals surface area contributed by atoms with Gasteiger partial charge in [-0.05, 0) is 62.6 Å². The molecular weight excluding hydrogens is 356 g/mol. The van der Waals surface area contributed by atoms with Crippen LogP contribution in [-0.2, 0) is 4.79 Å². The van der Waals surface area contributed by atoms with Gasteiger partial charge in [-0.25, -0.2) is 0 Å². The van der Waals surface area contributed by atoms with Gasteiger partial charge in [0.1, 0.15) is 0 Å². The van der Waals surface area contributed by atoms with Gasteiger partial charge in [0.2, 0.25) is 5.91 Å². The van der Waals surface area contributed by atoms with Crippen molar-refractivity contribution in [2.24, 2.45) is 11.8 Å². The zero-order valence-corrected chi connectivity index (χ0v) is 17.0. The van der Waals surface area contributed by atoms with Gasteiger partial charge in [0, 0.05) is 31.3 Å². The highest BCUT2D eigenvalue weighted by Crippen LogP contribution is 2.36. The number of methoxy groups -OCH3 is 2. The highest BCUT2D eigenvalue weighted by molar-refractivity contribution is 5.94. The first-order valence-corrected chi connectivity index (χ1v) is 9.99. The number of hydrogen-bond acceptors (Lipinski definition) is 4. The lowest BCUT2D eigenvalue weighted by Gasteiger charge is -2.31. The van der Waals surface area contributed by atoms with Gasteiger partial charge in [0.15, 0.2) is 11.5 Å². The minimum absolute atomic E-state index is 0.123. The molecule has 0 spiro atoms. The molecule has 0 bridgehead atoms. The fourth-order valence-electron chi connectivity index (χ4n) is 3.62. The number of amides is 2. The maximum atomic E-state index is 12.4. The number of rotatable bonds is 7. The Morgan fingerprint density at radius 2 is 1.79 bits per heavy atom. The Balaban J connectivity index is 1.45. The zero-order chi connectivity index (χ0) is 20.1. The van der Waals surface area contributed by atoms with Crippen LogP contribution in [0.1, 0.15) is 43.0 Å². The minimum Gasteiger partial charge on any atom is -0.493 e. The van der Waals surface area contributed by atoms with Crippen molar-refractivity contribution >= 4 is 11.8 Å². The molecule has 2 fully saturated rings. The molecule has 28 heavy (non-hydrogen) atoms. The molecule has 1 aliphatic carbocycles. The Labute approximate surface area is 166 Å². The minimum atomic E-state index is -0.123. The van der Waals surface area contributed by atoms with Gasteiger partial charge in [0.05, 0.1) is 14.2 Å². The summed E-state index contributed by atoms with van der Waals surface area (Å²) >= 11 is 0. The molecule has 1 saturated carbocycles. The Morgan fingerprint density at radius 3 is 2.39 bits per heavy atom. The first-order chi connectivity index (χ1) is 13.5. The summed E-state index contributed by atoms with van der Waals surface area (Å²) in [6, 6.07) is 5.14. The Hall–Kier alpha value is -2.50. The van der Waals surface area contributed by atoms with E-state index in [2.05, 4.69) is 12.2 Å². The maximum Gasteiger partial charge on any atom is 0.251 e. The molecule has 2 aliphatic rings. The summed E-state index contributed by atoms with van der Waals surface area (Å²) in [5, 5.41) is 3.01. The van der Waals surface area contributed by atoms with E-state index in [4.69, 9.17) is 9.47 Å². The molecular formula is C22H30N2O4. The highest BCUT2D eigenvalue weighted by Gasteiger charge is 2.26. The standard InChI is InChI=1S/C22H30N2O4/c1-15(17-4-5-17)12-21(25)24-10-8-16(9-11-24)14-23-22(26)18-6-7-19(27-2)20(13-18)28-3/h6-7,12-13,16-17H,4-5,8-11,14H2,1-3H3,(H,23,26)/b15-12+. The van der Waals surface area contributed by atoms with E-state index in [0.29, 0.717) is 35.4 Å². The van der Waals surface area contributed by atoms with E-state index in [0.717, 1.165) is 25.9 Å². The number of ether oxygens (including phenoxy) is 2. The second-order valence-electron chi connectivity index (χ2n) is 7.71. The van der Waals surface area contributed by atoms with Crippen molar-refractivity contribution in [1.29, 1.82) is 0 Å². The van der Waals surface area contributed by atoms with Crippen molar-refractivity contribution in [3.8, 4) is 11.5 Å². The number of carbonyl (C=O) groups excluding carboxylic acids is 2. The summed E-state index contributed by atoms with van der Waals surface area (Å²) in [4.78, 5) is 26.7. The predicted octanol–water partition coefficient (Wildman–Crippen LogP) is 3.03. The van der Waals surface area contributed by atoms with Gasteiger partial charge in [0.25, 0.3) is 5.91 Å². The van der Waals surface area contributed by atoms with E-state index in [1.807, 2.05) is 11.0 Å². The Morgan fingerprint density at radius 1 is 1.11 bits per heavy atom. The second-order valence-corrected chi connectivity index (χ2v) is 7.71. The summed E-state index contributed by atoms with van der Waals surface area (Å²) in [6.07, 6.45) is 6.08. The number of nitrogens with zero attached hydrogens (tertiary/aromatic N) is 1. The van der Waals surface area contributed by atoms with E-state index in [1.54, 1.807) is 32.4 Å². The van der Waals surface area contributed by atoms with Gasteiger partial charge in [-0.15, -0.1) is 0 Å². The van der Waals surface area contributed by atoms with Crippen molar-refractivity contribution in [1.82, 2.24) is 10.2 Å². The second kappa shape index (κ2) is 9.13. The summed E-state index contributed by atoms with van der Waals surface area (Å²) in [6.45, 7) is 4.19. The third-order valence-corrected chi connectivity index (χ3v) is 5.70. The topological polar surface area (TPSA) is 67.9 Å². The summed E-state index contributed by atoms with van der Waals surface area (Å²) < 4.78 is 10.5. The molecule has 0 atom stereocenters. The summed E-state index contributed by atoms with van der Waals surface area (Å²) in [5.74, 6) is 2.17. The van der Waals surface area contributed by atoms with Crippen molar-refractivity contribution in [3.63, 3.8) is 0 Å². The lowest BCUT2D eigenvalue weighted by Crippen LogP contribution is -2.41. The highest BCUT2D eigenvalue weighted by atomic mass is 16.5. The van der Waals surface area contributed by atoms with Gasteiger partial charge in [-0.2, -0.15) is 0 Å². The average Bonchev–Trinajstić information content (AvgIpc) is 3.57. The predicted molar refractivity (Wildman–Crippen MR) is 108 cm³/mol. The number of hydrogen-bond donors (Lipinski definition) is 1. The molecule has 3 rings (SSSR count). The molecule has 1 aliphatic heterocycles. The van der Waals surface area contributed by atoms with Crippen molar-refractivity contribution in [2.75, 3.05) is 33.9 Å². The van der Waals surface area contributed by atoms with Crippen LogP contribution >= 0.6 is 0 Å². The van der Waals surface area contributed by atoms with Gasteiger partial charge >= 0.3 is 0 Å². The monoisotopic (exact) mass is 386 g/mol. The Bertz CT molecular complexity index is 747. The van der Waals surface area contributed by atoms with E-state index in [9.17, 15) is 9.59 Å². The molecule has 2 amide bonds. The first kappa shape index (κ1) is 20.2. The number of piperidine rings is 1. The average molecular weight is 386 g/mol. The van der Waals surface area contributed by atoms with Crippen LogP contribution in [0.15, 0.2) is 29.8 Å². The van der Waals surface area contributed by atoms with Gasteiger partial charge in [-0.1, -0.05) is 5.57 Å². The van der Waals surface area contributed by atoms with Crippen LogP contribution in [0.3, 0.4) is 0 Å². The molecule has 0 aromatic heterocycles. The third kappa shape index (κ3) is 5.06. The van der Waals surface area contributed by atoms with E-state index >= 15 is 0 Å². The lowest BCUT2D eigenvalue weighted by molar-refractivity contribution is -0.127. The normalized spacial score (nSPS) is 18.0. The maximum absolute atomic E-state index is 12.4. The molecule has 1 N–H and O–H groups in total. The quantitative estimate of drug-likeness (QED) is 0.732. The lowest BCUT2D eigenvalue weighted by atomic mass is 9.96. The zero-order valence-electron chi connectivity index (χ0n) is 17.0. The molecule has 152 valence electrons. The van der Waals surface area contributed by atoms with E-state index < -0.39 is 0 Å². The van der Waals surface area contributed by atoms with Crippen LogP contribution in [0, 0.1) is 11.8 Å². The van der Waals surface area contributed by atoms with Crippen LogP contribution in [0.2, 0.25) is 0 Å². The number of nitrogens with one attached hydrogen (secondary N) is 1.